The van der Waals surface area contributed by atoms with Gasteiger partial charge in [-0.3, -0.25) is 0 Å². The first-order chi connectivity index (χ1) is 6.68. The highest BCUT2D eigenvalue weighted by molar-refractivity contribution is 5.55. The van der Waals surface area contributed by atoms with E-state index in [2.05, 4.69) is 14.7 Å². The molecule has 0 N–H and O–H groups in total. The van der Waals surface area contributed by atoms with Crippen molar-refractivity contribution in [3.05, 3.63) is 36.0 Å². The SMILES string of the molecule is Fc1cc(F)c(-c2ncon2)c(F)c1. The molecule has 72 valence electrons. The Morgan fingerprint density at radius 3 is 2.21 bits per heavy atom. The summed E-state index contributed by atoms with van der Waals surface area (Å²) in [6, 6.07) is 1.10. The topological polar surface area (TPSA) is 38.9 Å². The average molecular weight is 200 g/mol. The Morgan fingerprint density at radius 1 is 1.07 bits per heavy atom. The molecule has 1 aromatic carbocycles. The number of rotatable bonds is 1. The van der Waals surface area contributed by atoms with Crippen LogP contribution in [0.2, 0.25) is 0 Å². The lowest BCUT2D eigenvalue weighted by Gasteiger charge is -1.99. The average Bonchev–Trinajstić information content (AvgIpc) is 2.54. The Morgan fingerprint density at radius 2 is 1.71 bits per heavy atom. The van der Waals surface area contributed by atoms with Crippen molar-refractivity contribution in [2.75, 3.05) is 0 Å². The number of aromatic nitrogens is 2. The van der Waals surface area contributed by atoms with Crippen LogP contribution in [-0.2, 0) is 0 Å². The van der Waals surface area contributed by atoms with Crippen molar-refractivity contribution in [1.82, 2.24) is 10.1 Å². The fraction of sp³-hybridized carbons (Fsp3) is 0. The van der Waals surface area contributed by atoms with Crippen LogP contribution in [0.25, 0.3) is 11.4 Å². The van der Waals surface area contributed by atoms with Gasteiger partial charge >= 0.3 is 0 Å². The van der Waals surface area contributed by atoms with Crippen molar-refractivity contribution >= 4 is 0 Å². The molecule has 0 saturated carbocycles. The number of halogens is 3. The molecule has 0 aliphatic carbocycles. The van der Waals surface area contributed by atoms with Gasteiger partial charge in [-0.25, -0.2) is 13.2 Å². The molecule has 0 amide bonds. The van der Waals surface area contributed by atoms with E-state index >= 15 is 0 Å². The maximum absolute atomic E-state index is 13.1. The van der Waals surface area contributed by atoms with Crippen LogP contribution < -0.4 is 0 Å². The molecule has 0 spiro atoms. The second-order valence-corrected chi connectivity index (χ2v) is 2.50. The van der Waals surface area contributed by atoms with Gasteiger partial charge < -0.3 is 4.52 Å². The van der Waals surface area contributed by atoms with Gasteiger partial charge in [0, 0.05) is 12.1 Å². The molecule has 0 fully saturated rings. The number of hydrogen-bond acceptors (Lipinski definition) is 3. The van der Waals surface area contributed by atoms with Crippen LogP contribution in [0.3, 0.4) is 0 Å². The van der Waals surface area contributed by atoms with Crippen LogP contribution in [0.15, 0.2) is 23.0 Å². The number of nitrogens with zero attached hydrogens (tertiary/aromatic N) is 2. The van der Waals surface area contributed by atoms with Crippen LogP contribution in [-0.4, -0.2) is 10.1 Å². The predicted octanol–water partition coefficient (Wildman–Crippen LogP) is 2.15. The zero-order chi connectivity index (χ0) is 10.1. The van der Waals surface area contributed by atoms with Crippen LogP contribution in [0.1, 0.15) is 0 Å². The maximum Gasteiger partial charge on any atom is 0.214 e. The lowest BCUT2D eigenvalue weighted by molar-refractivity contribution is 0.417. The molecule has 2 rings (SSSR count). The Hall–Kier alpha value is -1.85. The standard InChI is InChI=1S/C8H3F3N2O/c9-4-1-5(10)7(6(11)2-4)8-12-3-14-13-8/h1-3H. The van der Waals surface area contributed by atoms with Crippen molar-refractivity contribution < 1.29 is 17.7 Å². The van der Waals surface area contributed by atoms with Crippen LogP contribution in [0, 0.1) is 17.5 Å². The first-order valence-electron chi connectivity index (χ1n) is 3.60. The molecule has 0 aliphatic rings. The van der Waals surface area contributed by atoms with E-state index in [4.69, 9.17) is 0 Å². The third-order valence-corrected chi connectivity index (χ3v) is 1.59. The van der Waals surface area contributed by atoms with Gasteiger partial charge in [0.25, 0.3) is 0 Å². The molecule has 0 radical (unpaired) electrons. The maximum atomic E-state index is 13.1. The minimum absolute atomic E-state index is 0.250. The lowest BCUT2D eigenvalue weighted by atomic mass is 10.2. The lowest BCUT2D eigenvalue weighted by Crippen LogP contribution is -1.93. The van der Waals surface area contributed by atoms with Gasteiger partial charge in [-0.05, 0) is 0 Å². The third kappa shape index (κ3) is 1.34. The Kier molecular flexibility index (Phi) is 1.95. The fourth-order valence-electron chi connectivity index (χ4n) is 1.04. The van der Waals surface area contributed by atoms with Crippen molar-refractivity contribution in [2.45, 2.75) is 0 Å². The van der Waals surface area contributed by atoms with Gasteiger partial charge in [0.2, 0.25) is 12.2 Å². The molecule has 1 aromatic heterocycles. The summed E-state index contributed by atoms with van der Waals surface area (Å²) >= 11 is 0. The van der Waals surface area contributed by atoms with Crippen molar-refractivity contribution in [2.24, 2.45) is 0 Å². The monoisotopic (exact) mass is 200 g/mol. The van der Waals surface area contributed by atoms with E-state index in [0.717, 1.165) is 6.39 Å². The van der Waals surface area contributed by atoms with E-state index in [9.17, 15) is 13.2 Å². The summed E-state index contributed by atoms with van der Waals surface area (Å²) in [7, 11) is 0. The van der Waals surface area contributed by atoms with Gasteiger partial charge in [-0.1, -0.05) is 5.16 Å². The molecule has 14 heavy (non-hydrogen) atoms. The molecule has 0 saturated heterocycles. The first kappa shape index (κ1) is 8.74. The van der Waals surface area contributed by atoms with E-state index in [1.165, 1.54) is 0 Å². The highest BCUT2D eigenvalue weighted by Gasteiger charge is 2.16. The van der Waals surface area contributed by atoms with Crippen molar-refractivity contribution in [3.63, 3.8) is 0 Å². The second-order valence-electron chi connectivity index (χ2n) is 2.50. The zero-order valence-electron chi connectivity index (χ0n) is 6.67. The molecule has 0 aliphatic heterocycles. The van der Waals surface area contributed by atoms with Crippen LogP contribution in [0.5, 0.6) is 0 Å². The summed E-state index contributed by atoms with van der Waals surface area (Å²) in [5, 5.41) is 3.25. The quantitative estimate of drug-likeness (QED) is 0.707. The van der Waals surface area contributed by atoms with E-state index < -0.39 is 23.0 Å². The molecule has 0 unspecified atom stereocenters. The zero-order valence-corrected chi connectivity index (χ0v) is 6.67. The summed E-state index contributed by atoms with van der Waals surface area (Å²) in [6.45, 7) is 0. The fourth-order valence-corrected chi connectivity index (χ4v) is 1.04. The van der Waals surface area contributed by atoms with Crippen molar-refractivity contribution in [3.8, 4) is 11.4 Å². The molecule has 2 aromatic rings. The second kappa shape index (κ2) is 3.13. The predicted molar refractivity (Wildman–Crippen MR) is 39.6 cm³/mol. The van der Waals surface area contributed by atoms with Gasteiger partial charge in [0.05, 0.1) is 5.56 Å². The Labute approximate surface area is 76.2 Å². The smallest absolute Gasteiger partial charge is 0.214 e. The summed E-state index contributed by atoms with van der Waals surface area (Å²) < 4.78 is 43.0. The van der Waals surface area contributed by atoms with Crippen LogP contribution in [0.4, 0.5) is 13.2 Å². The summed E-state index contributed by atoms with van der Waals surface area (Å²) in [6.07, 6.45) is 0.928. The van der Waals surface area contributed by atoms with Gasteiger partial charge in [-0.15, -0.1) is 0 Å². The summed E-state index contributed by atoms with van der Waals surface area (Å²) in [5.41, 5.74) is -0.500. The molecule has 0 bridgehead atoms. The molecular formula is C8H3F3N2O. The minimum Gasteiger partial charge on any atom is -0.342 e. The summed E-state index contributed by atoms with van der Waals surface area (Å²) in [4.78, 5) is 3.46. The Bertz CT molecular complexity index is 433. The van der Waals surface area contributed by atoms with Gasteiger partial charge in [0.15, 0.2) is 0 Å². The third-order valence-electron chi connectivity index (χ3n) is 1.59. The van der Waals surface area contributed by atoms with E-state index in [1.54, 1.807) is 0 Å². The highest BCUT2D eigenvalue weighted by atomic mass is 19.1. The minimum atomic E-state index is -1.07. The van der Waals surface area contributed by atoms with Gasteiger partial charge in [-0.2, -0.15) is 4.98 Å². The highest BCUT2D eigenvalue weighted by Crippen LogP contribution is 2.23. The number of benzene rings is 1. The van der Waals surface area contributed by atoms with Crippen LogP contribution >= 0.6 is 0 Å². The summed E-state index contributed by atoms with van der Waals surface area (Å²) in [5.74, 6) is -3.37. The largest absolute Gasteiger partial charge is 0.342 e. The molecule has 1 heterocycles. The molecule has 3 nitrogen and oxygen atoms in total. The Balaban J connectivity index is 2.64. The molecule has 0 atom stereocenters. The normalized spacial score (nSPS) is 10.5. The first-order valence-corrected chi connectivity index (χ1v) is 3.60. The van der Waals surface area contributed by atoms with Crippen molar-refractivity contribution in [1.29, 1.82) is 0 Å². The number of hydrogen-bond donors (Lipinski definition) is 0. The van der Waals surface area contributed by atoms with E-state index in [1.807, 2.05) is 0 Å². The molecular weight excluding hydrogens is 197 g/mol. The van der Waals surface area contributed by atoms with E-state index in [-0.39, 0.29) is 5.82 Å². The molecule has 6 heteroatoms. The van der Waals surface area contributed by atoms with Gasteiger partial charge in [0.1, 0.15) is 17.5 Å². The van der Waals surface area contributed by atoms with E-state index in [0.29, 0.717) is 12.1 Å².